The van der Waals surface area contributed by atoms with Gasteiger partial charge in [-0.15, -0.1) is 0 Å². The largest absolute Gasteiger partial charge is 0.480 e. The van der Waals surface area contributed by atoms with Gasteiger partial charge in [0, 0.05) is 23.6 Å². The first-order chi connectivity index (χ1) is 18.4. The molecular weight excluding hydrogens is 512 g/mol. The van der Waals surface area contributed by atoms with Crippen molar-refractivity contribution in [3.05, 3.63) is 36.0 Å². The Morgan fingerprint density at radius 2 is 1.67 bits per heavy atom. The van der Waals surface area contributed by atoms with Gasteiger partial charge in [-0.3, -0.25) is 19.4 Å². The smallest absolute Gasteiger partial charge is 0.328 e. The number of H-pyrrole nitrogens is 1. The number of aromatic nitrogens is 1. The van der Waals surface area contributed by atoms with Crippen LogP contribution in [0.15, 0.2) is 35.5 Å². The van der Waals surface area contributed by atoms with E-state index < -0.39 is 60.6 Å². The molecule has 0 radical (unpaired) electrons. The van der Waals surface area contributed by atoms with Gasteiger partial charge in [0.1, 0.15) is 12.1 Å². The van der Waals surface area contributed by atoms with Gasteiger partial charge >= 0.3 is 5.97 Å². The van der Waals surface area contributed by atoms with Gasteiger partial charge in [0.25, 0.3) is 0 Å². The Bertz CT molecular complexity index is 1180. The maximum Gasteiger partial charge on any atom is 0.328 e. The highest BCUT2D eigenvalue weighted by Gasteiger charge is 2.31. The minimum absolute atomic E-state index is 0.0549. The number of guanidine groups is 1. The van der Waals surface area contributed by atoms with Crippen molar-refractivity contribution in [1.29, 1.82) is 0 Å². The number of nitrogens with one attached hydrogen (secondary N) is 4. The van der Waals surface area contributed by atoms with Gasteiger partial charge in [-0.1, -0.05) is 18.2 Å². The molecule has 0 saturated heterocycles. The highest BCUT2D eigenvalue weighted by molar-refractivity contribution is 5.94. The minimum atomic E-state index is -1.67. The lowest BCUT2D eigenvalue weighted by atomic mass is 10.0. The molecule has 15 heteroatoms. The van der Waals surface area contributed by atoms with Crippen LogP contribution in [0.25, 0.3) is 10.9 Å². The predicted molar refractivity (Wildman–Crippen MR) is 142 cm³/mol. The summed E-state index contributed by atoms with van der Waals surface area (Å²) in [5, 5.41) is 36.2. The van der Waals surface area contributed by atoms with Gasteiger partial charge in [-0.2, -0.15) is 0 Å². The van der Waals surface area contributed by atoms with E-state index in [0.29, 0.717) is 0 Å². The second kappa shape index (κ2) is 14.7. The fraction of sp³-hybridized carbons (Fsp3) is 0.458. The molecule has 5 atom stereocenters. The number of aliphatic carboxylic acids is 1. The molecule has 0 aliphatic rings. The molecule has 1 aromatic heterocycles. The fourth-order valence-electron chi connectivity index (χ4n) is 3.79. The van der Waals surface area contributed by atoms with E-state index in [0.717, 1.165) is 23.4 Å². The number of aromatic amines is 1. The van der Waals surface area contributed by atoms with E-state index >= 15 is 0 Å². The standard InChI is InChI=1S/C24H36N8O7/c1-12(34)19(23(38)39)32-22(37)18(11-33)31-21(36)17(7-4-8-28-24(26)27)30-20(35)15(25)9-13-10-29-16-6-3-2-5-14(13)16/h2-3,5-6,10,12,15,17-19,29,33-34H,4,7-9,11,25H2,1H3,(H,30,35)(H,31,36)(H,32,37)(H,38,39)(H4,26,27,28). The van der Waals surface area contributed by atoms with Crippen LogP contribution in [0.2, 0.25) is 0 Å². The summed E-state index contributed by atoms with van der Waals surface area (Å²) in [6.45, 7) is 0.438. The molecule has 0 bridgehead atoms. The fourth-order valence-corrected chi connectivity index (χ4v) is 3.79. The Hall–Kier alpha value is -4.21. The van der Waals surface area contributed by atoms with Crippen LogP contribution >= 0.6 is 0 Å². The van der Waals surface area contributed by atoms with Crippen LogP contribution < -0.4 is 33.2 Å². The first-order valence-electron chi connectivity index (χ1n) is 12.2. The predicted octanol–water partition coefficient (Wildman–Crippen LogP) is -3.00. The Morgan fingerprint density at radius 1 is 1.03 bits per heavy atom. The Balaban J connectivity index is 2.11. The maximum absolute atomic E-state index is 13.0. The molecule has 1 heterocycles. The minimum Gasteiger partial charge on any atom is -0.480 e. The topological polar surface area (TPSA) is 271 Å². The number of hydrogen-bond acceptors (Lipinski definition) is 8. The summed E-state index contributed by atoms with van der Waals surface area (Å²) in [6.07, 6.45) is 0.810. The maximum atomic E-state index is 13.0. The summed E-state index contributed by atoms with van der Waals surface area (Å²) in [5.74, 6) is -4.15. The molecule has 0 saturated carbocycles. The SMILES string of the molecule is CC(O)C(NC(=O)C(CO)NC(=O)C(CCCN=C(N)N)NC(=O)C(N)Cc1c[nH]c2ccccc12)C(=O)O. The number of aliphatic hydroxyl groups is 2. The van der Waals surface area contributed by atoms with Crippen LogP contribution in [-0.4, -0.2) is 93.4 Å². The van der Waals surface area contributed by atoms with Crippen molar-refractivity contribution in [2.24, 2.45) is 22.2 Å². The van der Waals surface area contributed by atoms with Crippen molar-refractivity contribution >= 4 is 40.6 Å². The Morgan fingerprint density at radius 3 is 2.28 bits per heavy atom. The highest BCUT2D eigenvalue weighted by Crippen LogP contribution is 2.18. The number of benzene rings is 1. The van der Waals surface area contributed by atoms with Crippen LogP contribution in [0.4, 0.5) is 0 Å². The van der Waals surface area contributed by atoms with Crippen molar-refractivity contribution in [1.82, 2.24) is 20.9 Å². The third-order valence-corrected chi connectivity index (χ3v) is 5.89. The average Bonchev–Trinajstić information content (AvgIpc) is 3.29. The Kier molecular flexibility index (Phi) is 11.7. The molecule has 5 unspecified atom stereocenters. The number of aliphatic imine (C=N–C) groups is 1. The lowest BCUT2D eigenvalue weighted by Gasteiger charge is -2.25. The molecule has 2 aromatic rings. The van der Waals surface area contributed by atoms with Crippen molar-refractivity contribution in [3.8, 4) is 0 Å². The summed E-state index contributed by atoms with van der Waals surface area (Å²) < 4.78 is 0. The first kappa shape index (κ1) is 31.0. The third kappa shape index (κ3) is 9.24. The first-order valence-corrected chi connectivity index (χ1v) is 12.2. The third-order valence-electron chi connectivity index (χ3n) is 5.89. The van der Waals surface area contributed by atoms with Crippen LogP contribution in [0, 0.1) is 0 Å². The number of amides is 3. The number of rotatable bonds is 15. The number of nitrogens with two attached hydrogens (primary N) is 3. The number of para-hydroxylation sites is 1. The molecule has 15 nitrogen and oxygen atoms in total. The molecule has 0 spiro atoms. The zero-order chi connectivity index (χ0) is 29.1. The average molecular weight is 549 g/mol. The van der Waals surface area contributed by atoms with E-state index in [1.807, 2.05) is 24.3 Å². The number of hydrogen-bond donors (Lipinski definition) is 10. The molecule has 0 fully saturated rings. The van der Waals surface area contributed by atoms with E-state index in [9.17, 15) is 29.4 Å². The monoisotopic (exact) mass is 548 g/mol. The van der Waals surface area contributed by atoms with Gasteiger partial charge in [0.15, 0.2) is 12.0 Å². The van der Waals surface area contributed by atoms with Crippen molar-refractivity contribution in [3.63, 3.8) is 0 Å². The summed E-state index contributed by atoms with van der Waals surface area (Å²) >= 11 is 0. The second-order valence-electron chi connectivity index (χ2n) is 8.99. The van der Waals surface area contributed by atoms with Crippen molar-refractivity contribution in [2.45, 2.75) is 56.5 Å². The summed E-state index contributed by atoms with van der Waals surface area (Å²) in [4.78, 5) is 56.7. The quantitative estimate of drug-likeness (QED) is 0.0612. The van der Waals surface area contributed by atoms with Crippen molar-refractivity contribution in [2.75, 3.05) is 13.2 Å². The number of carbonyl (C=O) groups is 4. The van der Waals surface area contributed by atoms with Crippen molar-refractivity contribution < 1.29 is 34.5 Å². The molecule has 0 aliphatic carbocycles. The summed E-state index contributed by atoms with van der Waals surface area (Å²) in [7, 11) is 0. The molecule has 1 aromatic carbocycles. The van der Waals surface area contributed by atoms with Crippen LogP contribution in [0.3, 0.4) is 0 Å². The zero-order valence-corrected chi connectivity index (χ0v) is 21.5. The van der Waals surface area contributed by atoms with Gasteiger partial charge in [-0.25, -0.2) is 4.79 Å². The number of carbonyl (C=O) groups excluding carboxylic acids is 3. The van der Waals surface area contributed by atoms with Gasteiger partial charge < -0.3 is 53.5 Å². The normalized spacial score (nSPS) is 14.9. The molecule has 0 aliphatic heterocycles. The van der Waals surface area contributed by atoms with Crippen LogP contribution in [0.1, 0.15) is 25.3 Å². The van der Waals surface area contributed by atoms with Crippen LogP contribution in [0.5, 0.6) is 0 Å². The molecular formula is C24H36N8O7. The second-order valence-corrected chi connectivity index (χ2v) is 8.99. The van der Waals surface area contributed by atoms with Gasteiger partial charge in [0.2, 0.25) is 17.7 Å². The van der Waals surface area contributed by atoms with E-state index in [1.165, 1.54) is 0 Å². The number of nitrogens with zero attached hydrogens (tertiary/aromatic N) is 1. The van der Waals surface area contributed by atoms with E-state index in [1.54, 1.807) is 6.20 Å². The number of fused-ring (bicyclic) bond motifs is 1. The molecule has 39 heavy (non-hydrogen) atoms. The lowest BCUT2D eigenvalue weighted by Crippen LogP contribution is -2.59. The highest BCUT2D eigenvalue weighted by atomic mass is 16.4. The van der Waals surface area contributed by atoms with E-state index in [-0.39, 0.29) is 31.8 Å². The lowest BCUT2D eigenvalue weighted by molar-refractivity contribution is -0.145. The molecule has 3 amide bonds. The summed E-state index contributed by atoms with van der Waals surface area (Å²) in [5.41, 5.74) is 18.5. The molecule has 214 valence electrons. The number of carboxylic acid groups (broad SMARTS) is 1. The van der Waals surface area contributed by atoms with Gasteiger partial charge in [0.05, 0.1) is 18.8 Å². The summed E-state index contributed by atoms with van der Waals surface area (Å²) in [6, 6.07) is 2.07. The number of carboxylic acids is 1. The van der Waals surface area contributed by atoms with Gasteiger partial charge in [-0.05, 0) is 37.8 Å². The molecule has 13 N–H and O–H groups in total. The number of aliphatic hydroxyl groups excluding tert-OH is 2. The van der Waals surface area contributed by atoms with E-state index in [4.69, 9.17) is 22.3 Å². The molecule has 2 rings (SSSR count). The van der Waals surface area contributed by atoms with E-state index in [2.05, 4.69) is 25.9 Å². The Labute approximate surface area is 224 Å². The zero-order valence-electron chi connectivity index (χ0n) is 21.5. The van der Waals surface area contributed by atoms with Crippen LogP contribution in [-0.2, 0) is 25.6 Å².